The first-order valence-corrected chi connectivity index (χ1v) is 9.87. The summed E-state index contributed by atoms with van der Waals surface area (Å²) in [5, 5.41) is 7.57. The highest BCUT2D eigenvalue weighted by atomic mass is 16.2. The number of anilines is 1. The Morgan fingerprint density at radius 3 is 2.52 bits per heavy atom. The lowest BCUT2D eigenvalue weighted by Gasteiger charge is -2.27. The van der Waals surface area contributed by atoms with Gasteiger partial charge in [0.2, 0.25) is 11.8 Å². The number of nitrogens with zero attached hydrogens (tertiary/aromatic N) is 3. The largest absolute Gasteiger partial charge is 0.354 e. The lowest BCUT2D eigenvalue weighted by Crippen LogP contribution is -2.44. The van der Waals surface area contributed by atoms with E-state index in [9.17, 15) is 9.59 Å². The van der Waals surface area contributed by atoms with Gasteiger partial charge in [0.25, 0.3) is 0 Å². The van der Waals surface area contributed by atoms with Crippen molar-refractivity contribution in [1.29, 1.82) is 0 Å². The number of rotatable bonds is 6. The molecule has 3 aromatic rings. The maximum atomic E-state index is 12.5. The molecule has 2 heterocycles. The molecule has 0 unspecified atom stereocenters. The van der Waals surface area contributed by atoms with E-state index in [-0.39, 0.29) is 24.3 Å². The summed E-state index contributed by atoms with van der Waals surface area (Å²) in [4.78, 5) is 26.6. The normalized spacial score (nSPS) is 14.4. The SMILES string of the molecule is C[C@@H](CNC(=O)CN1C(=O)CCn2nc(-c3ccccc3)cc21)c1ccccc1. The standard InChI is InChI=1S/C23H24N4O2/c1-17(18-8-4-2-5-9-18)15-24-21(28)16-26-22-14-20(19-10-6-3-7-11-19)25-27(22)13-12-23(26)29/h2-11,14,17H,12-13,15-16H2,1H3,(H,24,28)/t17-/m0/s1. The Labute approximate surface area is 170 Å². The Bertz CT molecular complexity index is 998. The molecule has 1 aliphatic heterocycles. The summed E-state index contributed by atoms with van der Waals surface area (Å²) in [6.07, 6.45) is 0.344. The molecule has 1 aromatic heterocycles. The Morgan fingerprint density at radius 2 is 1.79 bits per heavy atom. The molecule has 0 radical (unpaired) electrons. The predicted molar refractivity (Wildman–Crippen MR) is 112 cm³/mol. The number of benzene rings is 2. The van der Waals surface area contributed by atoms with E-state index in [0.29, 0.717) is 25.3 Å². The number of carbonyl (C=O) groups is 2. The number of aromatic nitrogens is 2. The third kappa shape index (κ3) is 4.21. The van der Waals surface area contributed by atoms with E-state index in [1.54, 1.807) is 0 Å². The van der Waals surface area contributed by atoms with Crippen molar-refractivity contribution in [3.05, 3.63) is 72.3 Å². The van der Waals surface area contributed by atoms with Gasteiger partial charge >= 0.3 is 0 Å². The number of amides is 2. The summed E-state index contributed by atoms with van der Waals surface area (Å²) in [6.45, 7) is 3.13. The highest BCUT2D eigenvalue weighted by Gasteiger charge is 2.28. The number of hydrogen-bond acceptors (Lipinski definition) is 3. The first-order valence-electron chi connectivity index (χ1n) is 9.87. The van der Waals surface area contributed by atoms with E-state index in [2.05, 4.69) is 29.5 Å². The minimum Gasteiger partial charge on any atom is -0.354 e. The lowest BCUT2D eigenvalue weighted by molar-refractivity contribution is -0.124. The molecule has 6 heteroatoms. The van der Waals surface area contributed by atoms with Crippen molar-refractivity contribution < 1.29 is 9.59 Å². The molecule has 0 aliphatic carbocycles. The van der Waals surface area contributed by atoms with Crippen LogP contribution in [0.2, 0.25) is 0 Å². The molecule has 0 spiro atoms. The minimum absolute atomic E-state index is 0.000264. The molecule has 148 valence electrons. The van der Waals surface area contributed by atoms with Crippen molar-refractivity contribution in [2.45, 2.75) is 25.8 Å². The lowest BCUT2D eigenvalue weighted by atomic mass is 10.0. The zero-order chi connectivity index (χ0) is 20.2. The maximum Gasteiger partial charge on any atom is 0.240 e. The van der Waals surface area contributed by atoms with Gasteiger partial charge in [-0.25, -0.2) is 4.68 Å². The third-order valence-electron chi connectivity index (χ3n) is 5.22. The van der Waals surface area contributed by atoms with Crippen LogP contribution in [0.4, 0.5) is 5.82 Å². The zero-order valence-corrected chi connectivity index (χ0v) is 16.4. The number of aryl methyl sites for hydroxylation is 1. The summed E-state index contributed by atoms with van der Waals surface area (Å²) >= 11 is 0. The van der Waals surface area contributed by atoms with Gasteiger partial charge in [0, 0.05) is 24.6 Å². The van der Waals surface area contributed by atoms with E-state index in [0.717, 1.165) is 11.3 Å². The van der Waals surface area contributed by atoms with Crippen LogP contribution >= 0.6 is 0 Å². The fourth-order valence-electron chi connectivity index (χ4n) is 3.54. The van der Waals surface area contributed by atoms with Crippen LogP contribution in [0.3, 0.4) is 0 Å². The summed E-state index contributed by atoms with van der Waals surface area (Å²) in [6, 6.07) is 21.8. The smallest absolute Gasteiger partial charge is 0.240 e. The Kier molecular flexibility index (Phi) is 5.42. The molecule has 0 saturated heterocycles. The van der Waals surface area contributed by atoms with Gasteiger partial charge in [0.1, 0.15) is 12.4 Å². The first-order chi connectivity index (χ1) is 14.1. The Balaban J connectivity index is 1.44. The van der Waals surface area contributed by atoms with Gasteiger partial charge in [0.05, 0.1) is 12.2 Å². The maximum absolute atomic E-state index is 12.5. The average Bonchev–Trinajstić information content (AvgIpc) is 3.20. The van der Waals surface area contributed by atoms with Gasteiger partial charge in [-0.15, -0.1) is 0 Å². The molecule has 6 nitrogen and oxygen atoms in total. The van der Waals surface area contributed by atoms with Gasteiger partial charge in [-0.05, 0) is 11.5 Å². The fraction of sp³-hybridized carbons (Fsp3) is 0.261. The number of carbonyl (C=O) groups excluding carboxylic acids is 2. The van der Waals surface area contributed by atoms with E-state index >= 15 is 0 Å². The van der Waals surface area contributed by atoms with Crippen molar-refractivity contribution in [3.63, 3.8) is 0 Å². The van der Waals surface area contributed by atoms with Crippen molar-refractivity contribution in [2.24, 2.45) is 0 Å². The molecular weight excluding hydrogens is 364 g/mol. The number of fused-ring (bicyclic) bond motifs is 1. The molecule has 1 aliphatic rings. The highest BCUT2D eigenvalue weighted by molar-refractivity contribution is 5.99. The molecule has 29 heavy (non-hydrogen) atoms. The molecule has 0 saturated carbocycles. The summed E-state index contributed by atoms with van der Waals surface area (Å²) in [7, 11) is 0. The van der Waals surface area contributed by atoms with Crippen LogP contribution in [0.25, 0.3) is 11.3 Å². The molecule has 2 aromatic carbocycles. The van der Waals surface area contributed by atoms with E-state index in [1.807, 2.05) is 59.3 Å². The molecule has 1 atom stereocenters. The van der Waals surface area contributed by atoms with Crippen LogP contribution in [-0.4, -0.2) is 34.7 Å². The molecule has 0 fully saturated rings. The molecule has 0 bridgehead atoms. The highest BCUT2D eigenvalue weighted by Crippen LogP contribution is 2.27. The van der Waals surface area contributed by atoms with Crippen LogP contribution < -0.4 is 10.2 Å². The first kappa shape index (κ1) is 18.9. The van der Waals surface area contributed by atoms with Gasteiger partial charge in [-0.2, -0.15) is 5.10 Å². The predicted octanol–water partition coefficient (Wildman–Crippen LogP) is 3.21. The molecular formula is C23H24N4O2. The second kappa shape index (κ2) is 8.31. The van der Waals surface area contributed by atoms with E-state index in [4.69, 9.17) is 0 Å². The van der Waals surface area contributed by atoms with Crippen LogP contribution in [0, 0.1) is 0 Å². The van der Waals surface area contributed by atoms with Crippen LogP contribution in [0.1, 0.15) is 24.8 Å². The second-order valence-corrected chi connectivity index (χ2v) is 7.32. The van der Waals surface area contributed by atoms with E-state index < -0.39 is 0 Å². The van der Waals surface area contributed by atoms with Crippen LogP contribution in [0.15, 0.2) is 66.7 Å². The molecule has 2 amide bonds. The summed E-state index contributed by atoms with van der Waals surface area (Å²) in [5.74, 6) is 0.652. The zero-order valence-electron chi connectivity index (χ0n) is 16.4. The van der Waals surface area contributed by atoms with Crippen LogP contribution in [-0.2, 0) is 16.1 Å². The van der Waals surface area contributed by atoms with Gasteiger partial charge < -0.3 is 5.32 Å². The second-order valence-electron chi connectivity index (χ2n) is 7.32. The Morgan fingerprint density at radius 1 is 1.10 bits per heavy atom. The van der Waals surface area contributed by atoms with Gasteiger partial charge in [-0.3, -0.25) is 14.5 Å². The summed E-state index contributed by atoms with van der Waals surface area (Å²) < 4.78 is 1.81. The van der Waals surface area contributed by atoms with Gasteiger partial charge in [-0.1, -0.05) is 67.6 Å². The van der Waals surface area contributed by atoms with Crippen molar-refractivity contribution in [2.75, 3.05) is 18.0 Å². The van der Waals surface area contributed by atoms with Crippen molar-refractivity contribution >= 4 is 17.6 Å². The van der Waals surface area contributed by atoms with Crippen molar-refractivity contribution in [1.82, 2.24) is 15.1 Å². The Hall–Kier alpha value is -3.41. The minimum atomic E-state index is -0.169. The number of hydrogen-bond donors (Lipinski definition) is 1. The fourth-order valence-corrected chi connectivity index (χ4v) is 3.54. The van der Waals surface area contributed by atoms with E-state index in [1.165, 1.54) is 10.5 Å². The van der Waals surface area contributed by atoms with Crippen LogP contribution in [0.5, 0.6) is 0 Å². The number of nitrogens with one attached hydrogen (secondary N) is 1. The topological polar surface area (TPSA) is 67.2 Å². The van der Waals surface area contributed by atoms with Gasteiger partial charge in [0.15, 0.2) is 0 Å². The molecule has 4 rings (SSSR count). The monoisotopic (exact) mass is 388 g/mol. The molecule has 1 N–H and O–H groups in total. The summed E-state index contributed by atoms with van der Waals surface area (Å²) in [5.41, 5.74) is 2.97. The quantitative estimate of drug-likeness (QED) is 0.705. The average molecular weight is 388 g/mol. The third-order valence-corrected chi connectivity index (χ3v) is 5.22. The van der Waals surface area contributed by atoms with Crippen molar-refractivity contribution in [3.8, 4) is 11.3 Å².